The molecule has 0 amide bonds. The van der Waals surface area contributed by atoms with Crippen molar-refractivity contribution >= 4 is 22.8 Å². The Bertz CT molecular complexity index is 823. The van der Waals surface area contributed by atoms with Gasteiger partial charge in [-0.3, -0.25) is 4.79 Å². The topological polar surface area (TPSA) is 50.2 Å². The number of pyridine rings is 1. The molecule has 0 bridgehead atoms. The molecule has 0 unspecified atom stereocenters. The van der Waals surface area contributed by atoms with Crippen LogP contribution < -0.4 is 0 Å². The SMILES string of the molecule is O=C(C=Cc1ccc2cccc(O)c2n1)c1ccccc1. The van der Waals surface area contributed by atoms with Gasteiger partial charge in [0.15, 0.2) is 5.78 Å². The number of fused-ring (bicyclic) bond motifs is 1. The third-order valence-electron chi connectivity index (χ3n) is 3.18. The molecule has 0 spiro atoms. The zero-order chi connectivity index (χ0) is 14.7. The number of carbonyl (C=O) groups is 1. The van der Waals surface area contributed by atoms with Gasteiger partial charge in [-0.05, 0) is 24.3 Å². The summed E-state index contributed by atoms with van der Waals surface area (Å²) in [6.45, 7) is 0. The second kappa shape index (κ2) is 5.59. The number of hydrogen-bond donors (Lipinski definition) is 1. The lowest BCUT2D eigenvalue weighted by Gasteiger charge is -2.01. The van der Waals surface area contributed by atoms with E-state index in [1.807, 2.05) is 36.4 Å². The van der Waals surface area contributed by atoms with Crippen LogP contribution in [0.4, 0.5) is 0 Å². The molecule has 2 aromatic carbocycles. The molecule has 21 heavy (non-hydrogen) atoms. The van der Waals surface area contributed by atoms with Crippen molar-refractivity contribution in [2.45, 2.75) is 0 Å². The van der Waals surface area contributed by atoms with Crippen molar-refractivity contribution in [3.63, 3.8) is 0 Å². The van der Waals surface area contributed by atoms with Crippen molar-refractivity contribution in [2.75, 3.05) is 0 Å². The molecule has 1 aromatic heterocycles. The molecular weight excluding hydrogens is 262 g/mol. The number of aromatic nitrogens is 1. The minimum atomic E-state index is -0.0743. The number of rotatable bonds is 3. The van der Waals surface area contributed by atoms with Crippen molar-refractivity contribution in [3.05, 3.63) is 78.0 Å². The van der Waals surface area contributed by atoms with Gasteiger partial charge in [0, 0.05) is 10.9 Å². The van der Waals surface area contributed by atoms with Gasteiger partial charge in [-0.1, -0.05) is 48.5 Å². The first-order valence-electron chi connectivity index (χ1n) is 6.60. The van der Waals surface area contributed by atoms with E-state index in [4.69, 9.17) is 0 Å². The number of para-hydroxylation sites is 1. The van der Waals surface area contributed by atoms with Gasteiger partial charge in [-0.25, -0.2) is 4.98 Å². The number of nitrogens with zero attached hydrogens (tertiary/aromatic N) is 1. The molecule has 3 aromatic rings. The Kier molecular flexibility index (Phi) is 3.48. The zero-order valence-corrected chi connectivity index (χ0v) is 11.2. The maximum Gasteiger partial charge on any atom is 0.185 e. The molecule has 0 saturated heterocycles. The van der Waals surface area contributed by atoms with E-state index in [0.717, 1.165) is 5.39 Å². The Morgan fingerprint density at radius 3 is 2.57 bits per heavy atom. The molecule has 1 heterocycles. The van der Waals surface area contributed by atoms with Gasteiger partial charge in [0.25, 0.3) is 0 Å². The summed E-state index contributed by atoms with van der Waals surface area (Å²) in [4.78, 5) is 16.3. The van der Waals surface area contributed by atoms with Crippen molar-refractivity contribution in [1.29, 1.82) is 0 Å². The fourth-order valence-corrected chi connectivity index (χ4v) is 2.10. The number of benzene rings is 2. The molecule has 1 N–H and O–H groups in total. The van der Waals surface area contributed by atoms with E-state index in [1.165, 1.54) is 6.08 Å². The Labute approximate surface area is 122 Å². The Balaban J connectivity index is 1.90. The molecule has 0 aliphatic carbocycles. The van der Waals surface area contributed by atoms with Crippen LogP contribution in [0.25, 0.3) is 17.0 Å². The van der Waals surface area contributed by atoms with Crippen LogP contribution in [0.5, 0.6) is 5.75 Å². The fraction of sp³-hybridized carbons (Fsp3) is 0. The molecule has 3 rings (SSSR count). The number of hydrogen-bond acceptors (Lipinski definition) is 3. The van der Waals surface area contributed by atoms with Crippen molar-refractivity contribution < 1.29 is 9.90 Å². The van der Waals surface area contributed by atoms with Gasteiger partial charge in [0.1, 0.15) is 11.3 Å². The summed E-state index contributed by atoms with van der Waals surface area (Å²) < 4.78 is 0. The Morgan fingerprint density at radius 2 is 1.76 bits per heavy atom. The summed E-state index contributed by atoms with van der Waals surface area (Å²) in [6, 6.07) is 18.0. The largest absolute Gasteiger partial charge is 0.506 e. The molecule has 3 heteroatoms. The van der Waals surface area contributed by atoms with Crippen LogP contribution in [0.15, 0.2) is 66.7 Å². The van der Waals surface area contributed by atoms with Gasteiger partial charge in [-0.2, -0.15) is 0 Å². The van der Waals surface area contributed by atoms with Crippen molar-refractivity contribution in [2.24, 2.45) is 0 Å². The van der Waals surface area contributed by atoms with Crippen LogP contribution >= 0.6 is 0 Å². The first-order chi connectivity index (χ1) is 10.2. The van der Waals surface area contributed by atoms with E-state index in [9.17, 15) is 9.90 Å². The fourth-order valence-electron chi connectivity index (χ4n) is 2.10. The maximum absolute atomic E-state index is 12.0. The normalized spacial score (nSPS) is 11.0. The summed E-state index contributed by atoms with van der Waals surface area (Å²) in [5.41, 5.74) is 1.80. The van der Waals surface area contributed by atoms with Crippen molar-refractivity contribution in [3.8, 4) is 5.75 Å². The summed E-state index contributed by atoms with van der Waals surface area (Å²) in [5.74, 6) is 0.0620. The predicted octanol–water partition coefficient (Wildman–Crippen LogP) is 3.84. The number of phenolic OH excluding ortho intramolecular Hbond substituents is 1. The highest BCUT2D eigenvalue weighted by atomic mass is 16.3. The third kappa shape index (κ3) is 2.82. The van der Waals surface area contributed by atoms with Crippen LogP contribution in [0.3, 0.4) is 0 Å². The highest BCUT2D eigenvalue weighted by Crippen LogP contribution is 2.22. The maximum atomic E-state index is 12.0. The average molecular weight is 275 g/mol. The minimum Gasteiger partial charge on any atom is -0.506 e. The quantitative estimate of drug-likeness (QED) is 0.583. The van der Waals surface area contributed by atoms with Crippen LogP contribution in [-0.2, 0) is 0 Å². The molecule has 102 valence electrons. The van der Waals surface area contributed by atoms with Gasteiger partial charge >= 0.3 is 0 Å². The predicted molar refractivity (Wildman–Crippen MR) is 83.2 cm³/mol. The molecular formula is C18H13NO2. The van der Waals surface area contributed by atoms with E-state index in [1.54, 1.807) is 30.3 Å². The molecule has 0 saturated carbocycles. The second-order valence-corrected chi connectivity index (χ2v) is 4.65. The zero-order valence-electron chi connectivity index (χ0n) is 11.2. The molecule has 0 aliphatic rings. The monoisotopic (exact) mass is 275 g/mol. The van der Waals surface area contributed by atoms with Gasteiger partial charge in [-0.15, -0.1) is 0 Å². The smallest absolute Gasteiger partial charge is 0.185 e. The molecule has 0 fully saturated rings. The highest BCUT2D eigenvalue weighted by molar-refractivity contribution is 6.06. The number of allylic oxidation sites excluding steroid dienone is 1. The molecule has 0 radical (unpaired) electrons. The number of aromatic hydroxyl groups is 1. The Morgan fingerprint density at radius 1 is 0.952 bits per heavy atom. The summed E-state index contributed by atoms with van der Waals surface area (Å²) in [6.07, 6.45) is 3.14. The lowest BCUT2D eigenvalue weighted by atomic mass is 10.1. The lowest BCUT2D eigenvalue weighted by molar-refractivity contribution is 0.104. The first kappa shape index (κ1) is 13.1. The molecule has 0 atom stereocenters. The van der Waals surface area contributed by atoms with E-state index < -0.39 is 0 Å². The molecule has 0 aliphatic heterocycles. The van der Waals surface area contributed by atoms with Crippen LogP contribution in [0, 0.1) is 0 Å². The third-order valence-corrected chi connectivity index (χ3v) is 3.18. The van der Waals surface area contributed by atoms with E-state index >= 15 is 0 Å². The van der Waals surface area contributed by atoms with E-state index in [0.29, 0.717) is 16.8 Å². The summed E-state index contributed by atoms with van der Waals surface area (Å²) in [5, 5.41) is 10.7. The van der Waals surface area contributed by atoms with E-state index in [-0.39, 0.29) is 11.5 Å². The molecule has 3 nitrogen and oxygen atoms in total. The number of carbonyl (C=O) groups excluding carboxylic acids is 1. The minimum absolute atomic E-state index is 0.0743. The highest BCUT2D eigenvalue weighted by Gasteiger charge is 2.02. The van der Waals surface area contributed by atoms with E-state index in [2.05, 4.69) is 4.98 Å². The van der Waals surface area contributed by atoms with Gasteiger partial charge < -0.3 is 5.11 Å². The number of phenols is 1. The number of ketones is 1. The first-order valence-corrected chi connectivity index (χ1v) is 6.60. The van der Waals surface area contributed by atoms with Crippen molar-refractivity contribution in [1.82, 2.24) is 4.98 Å². The van der Waals surface area contributed by atoms with Crippen LogP contribution in [0.1, 0.15) is 16.1 Å². The summed E-state index contributed by atoms with van der Waals surface area (Å²) in [7, 11) is 0. The van der Waals surface area contributed by atoms with Gasteiger partial charge in [0.05, 0.1) is 5.69 Å². The average Bonchev–Trinajstić information content (AvgIpc) is 2.54. The summed E-state index contributed by atoms with van der Waals surface area (Å²) >= 11 is 0. The standard InChI is InChI=1S/C18H13NO2/c20-16(13-5-2-1-3-6-13)12-11-15-10-9-14-7-4-8-17(21)18(14)19-15/h1-12,21H. The Hall–Kier alpha value is -2.94. The second-order valence-electron chi connectivity index (χ2n) is 4.65. The van der Waals surface area contributed by atoms with Gasteiger partial charge in [0.2, 0.25) is 0 Å². The van der Waals surface area contributed by atoms with Crippen LogP contribution in [-0.4, -0.2) is 15.9 Å². The van der Waals surface area contributed by atoms with Crippen LogP contribution in [0.2, 0.25) is 0 Å². The lowest BCUT2D eigenvalue weighted by Crippen LogP contribution is -1.93.